The topological polar surface area (TPSA) is 75.6 Å². The van der Waals surface area contributed by atoms with Crippen LogP contribution in [0.4, 0.5) is 5.82 Å². The maximum absolute atomic E-state index is 12.8. The highest BCUT2D eigenvalue weighted by atomic mass is 35.5. The first kappa shape index (κ1) is 20.1. The molecule has 10 heteroatoms. The molecule has 0 unspecified atom stereocenters. The number of para-hydroxylation sites is 1. The van der Waals surface area contributed by atoms with Gasteiger partial charge in [-0.15, -0.1) is 11.3 Å². The SMILES string of the molecule is Cc1nc(Oc2ccccc2)cc(N2CCN(S(=O)(=O)c3ccc(Cl)s3)CC2)n1. The van der Waals surface area contributed by atoms with E-state index in [9.17, 15) is 8.42 Å². The van der Waals surface area contributed by atoms with E-state index in [-0.39, 0.29) is 4.21 Å². The fourth-order valence-corrected chi connectivity index (χ4v) is 6.13. The zero-order chi connectivity index (χ0) is 20.4. The summed E-state index contributed by atoms with van der Waals surface area (Å²) in [6.45, 7) is 3.60. The number of hydrogen-bond acceptors (Lipinski definition) is 7. The molecule has 0 radical (unpaired) electrons. The first-order chi connectivity index (χ1) is 13.9. The number of rotatable bonds is 5. The molecule has 1 fully saturated rings. The number of aryl methyl sites for hydroxylation is 1. The molecule has 0 N–H and O–H groups in total. The molecule has 0 aliphatic carbocycles. The molecule has 1 aliphatic rings. The second-order valence-corrected chi connectivity index (χ2v) is 10.4. The Kier molecular flexibility index (Phi) is 5.73. The molecule has 1 aliphatic heterocycles. The van der Waals surface area contributed by atoms with E-state index < -0.39 is 10.0 Å². The van der Waals surface area contributed by atoms with E-state index in [4.69, 9.17) is 16.3 Å². The second kappa shape index (κ2) is 8.27. The van der Waals surface area contributed by atoms with E-state index in [1.165, 1.54) is 4.31 Å². The molecule has 152 valence electrons. The van der Waals surface area contributed by atoms with Crippen molar-refractivity contribution in [3.8, 4) is 11.6 Å². The van der Waals surface area contributed by atoms with E-state index >= 15 is 0 Å². The van der Waals surface area contributed by atoms with Gasteiger partial charge in [-0.25, -0.2) is 13.4 Å². The van der Waals surface area contributed by atoms with Crippen LogP contribution in [0.1, 0.15) is 5.82 Å². The number of anilines is 1. The molecule has 0 spiro atoms. The zero-order valence-corrected chi connectivity index (χ0v) is 18.0. The predicted molar refractivity (Wildman–Crippen MR) is 114 cm³/mol. The number of piperazine rings is 1. The van der Waals surface area contributed by atoms with Crippen molar-refractivity contribution in [2.24, 2.45) is 0 Å². The summed E-state index contributed by atoms with van der Waals surface area (Å²) < 4.78 is 33.6. The summed E-state index contributed by atoms with van der Waals surface area (Å²) in [4.78, 5) is 10.9. The third-order valence-electron chi connectivity index (χ3n) is 4.47. The van der Waals surface area contributed by atoms with Crippen LogP contribution in [0.5, 0.6) is 11.6 Å². The van der Waals surface area contributed by atoms with Gasteiger partial charge in [0, 0.05) is 32.2 Å². The van der Waals surface area contributed by atoms with Gasteiger partial charge in [0.25, 0.3) is 10.0 Å². The van der Waals surface area contributed by atoms with Gasteiger partial charge in [-0.3, -0.25) is 0 Å². The molecule has 1 aromatic carbocycles. The van der Waals surface area contributed by atoms with Crippen LogP contribution in [0.15, 0.2) is 52.7 Å². The van der Waals surface area contributed by atoms with Crippen molar-refractivity contribution < 1.29 is 13.2 Å². The molecule has 4 rings (SSSR count). The van der Waals surface area contributed by atoms with Crippen molar-refractivity contribution in [3.63, 3.8) is 0 Å². The Bertz CT molecular complexity index is 1100. The number of ether oxygens (including phenoxy) is 1. The molecule has 3 heterocycles. The summed E-state index contributed by atoms with van der Waals surface area (Å²) in [6, 6.07) is 14.4. The normalized spacial score (nSPS) is 15.4. The monoisotopic (exact) mass is 450 g/mol. The minimum Gasteiger partial charge on any atom is -0.439 e. The average Bonchev–Trinajstić information content (AvgIpc) is 3.16. The minimum atomic E-state index is -3.52. The van der Waals surface area contributed by atoms with E-state index in [1.54, 1.807) is 18.2 Å². The molecule has 1 saturated heterocycles. The summed E-state index contributed by atoms with van der Waals surface area (Å²) in [6.07, 6.45) is 0. The summed E-state index contributed by atoms with van der Waals surface area (Å²) in [5.41, 5.74) is 0. The average molecular weight is 451 g/mol. The molecule has 2 aromatic heterocycles. The molecular weight excluding hydrogens is 432 g/mol. The highest BCUT2D eigenvalue weighted by Gasteiger charge is 2.30. The van der Waals surface area contributed by atoms with Crippen LogP contribution in [-0.4, -0.2) is 48.9 Å². The summed E-state index contributed by atoms with van der Waals surface area (Å²) in [7, 11) is -3.52. The molecular formula is C19H19ClN4O3S2. The van der Waals surface area contributed by atoms with Gasteiger partial charge in [0.05, 0.1) is 4.34 Å². The molecule has 0 amide bonds. The van der Waals surface area contributed by atoms with Gasteiger partial charge >= 0.3 is 0 Å². The van der Waals surface area contributed by atoms with Gasteiger partial charge in [-0.05, 0) is 31.2 Å². The van der Waals surface area contributed by atoms with E-state index in [1.807, 2.05) is 42.2 Å². The summed E-state index contributed by atoms with van der Waals surface area (Å²) in [5.74, 6) is 2.47. The molecule has 0 atom stereocenters. The number of hydrogen-bond donors (Lipinski definition) is 0. The fraction of sp³-hybridized carbons (Fsp3) is 0.263. The number of benzene rings is 1. The standard InChI is InChI=1S/C19H19ClN4O3S2/c1-14-21-17(13-18(22-14)27-15-5-3-2-4-6-15)23-9-11-24(12-10-23)29(25,26)19-8-7-16(20)28-19/h2-8,13H,9-12H2,1H3. The predicted octanol–water partition coefficient (Wildman–Crippen LogP) is 3.80. The van der Waals surface area contributed by atoms with Crippen molar-refractivity contribution >= 4 is 38.8 Å². The van der Waals surface area contributed by atoms with Gasteiger partial charge in [-0.1, -0.05) is 29.8 Å². The zero-order valence-electron chi connectivity index (χ0n) is 15.7. The van der Waals surface area contributed by atoms with E-state index in [0.717, 1.165) is 17.2 Å². The summed E-state index contributed by atoms with van der Waals surface area (Å²) in [5, 5.41) is 0. The lowest BCUT2D eigenvalue weighted by Gasteiger charge is -2.34. The lowest BCUT2D eigenvalue weighted by atomic mass is 10.3. The Balaban J connectivity index is 1.47. The number of halogens is 1. The van der Waals surface area contributed by atoms with Gasteiger partial charge in [0.15, 0.2) is 0 Å². The Labute approximate surface area is 178 Å². The largest absolute Gasteiger partial charge is 0.439 e. The molecule has 7 nitrogen and oxygen atoms in total. The minimum absolute atomic E-state index is 0.271. The van der Waals surface area contributed by atoms with Crippen LogP contribution in [0.3, 0.4) is 0 Å². The Hall–Kier alpha value is -2.20. The summed E-state index contributed by atoms with van der Waals surface area (Å²) >= 11 is 6.97. The smallest absolute Gasteiger partial charge is 0.252 e. The van der Waals surface area contributed by atoms with Gasteiger partial charge in [0.2, 0.25) is 5.88 Å². The Morgan fingerprint density at radius 1 is 1.03 bits per heavy atom. The molecule has 0 saturated carbocycles. The fourth-order valence-electron chi connectivity index (χ4n) is 3.07. The van der Waals surface area contributed by atoms with Crippen molar-refractivity contribution in [2.45, 2.75) is 11.1 Å². The molecule has 3 aromatic rings. The van der Waals surface area contributed by atoms with Crippen LogP contribution in [0.25, 0.3) is 0 Å². The maximum Gasteiger partial charge on any atom is 0.252 e. The van der Waals surface area contributed by atoms with Crippen LogP contribution < -0.4 is 9.64 Å². The van der Waals surface area contributed by atoms with E-state index in [2.05, 4.69) is 9.97 Å². The van der Waals surface area contributed by atoms with Crippen molar-refractivity contribution in [2.75, 3.05) is 31.1 Å². The maximum atomic E-state index is 12.8. The van der Waals surface area contributed by atoms with E-state index in [0.29, 0.717) is 48.0 Å². The third-order valence-corrected chi connectivity index (χ3v) is 8.07. The first-order valence-corrected chi connectivity index (χ1v) is 11.6. The van der Waals surface area contributed by atoms with Crippen LogP contribution in [0, 0.1) is 6.92 Å². The van der Waals surface area contributed by atoms with Crippen LogP contribution in [-0.2, 0) is 10.0 Å². The number of sulfonamides is 1. The van der Waals surface area contributed by atoms with Gasteiger partial charge in [0.1, 0.15) is 21.6 Å². The highest BCUT2D eigenvalue weighted by Crippen LogP contribution is 2.29. The highest BCUT2D eigenvalue weighted by molar-refractivity contribution is 7.91. The van der Waals surface area contributed by atoms with Crippen LogP contribution >= 0.6 is 22.9 Å². The lowest BCUT2D eigenvalue weighted by molar-refractivity contribution is 0.384. The third kappa shape index (κ3) is 4.53. The Morgan fingerprint density at radius 3 is 2.41 bits per heavy atom. The van der Waals surface area contributed by atoms with Crippen molar-refractivity contribution in [1.82, 2.24) is 14.3 Å². The van der Waals surface area contributed by atoms with Crippen molar-refractivity contribution in [3.05, 3.63) is 58.7 Å². The lowest BCUT2D eigenvalue weighted by Crippen LogP contribution is -2.48. The number of thiophene rings is 1. The first-order valence-electron chi connectivity index (χ1n) is 9.01. The molecule has 29 heavy (non-hydrogen) atoms. The van der Waals surface area contributed by atoms with Gasteiger partial charge in [-0.2, -0.15) is 9.29 Å². The second-order valence-electron chi connectivity index (χ2n) is 6.48. The van der Waals surface area contributed by atoms with Crippen LogP contribution in [0.2, 0.25) is 4.34 Å². The van der Waals surface area contributed by atoms with Gasteiger partial charge < -0.3 is 9.64 Å². The Morgan fingerprint density at radius 2 is 1.76 bits per heavy atom. The van der Waals surface area contributed by atoms with Crippen molar-refractivity contribution in [1.29, 1.82) is 0 Å². The molecule has 0 bridgehead atoms. The number of nitrogens with zero attached hydrogens (tertiary/aromatic N) is 4. The number of aromatic nitrogens is 2. The quantitative estimate of drug-likeness (QED) is 0.588.